The lowest BCUT2D eigenvalue weighted by Crippen LogP contribution is -2.01. The van der Waals surface area contributed by atoms with E-state index in [0.29, 0.717) is 12.1 Å². The number of hydrogen-bond donors (Lipinski definition) is 0. The van der Waals surface area contributed by atoms with Crippen LogP contribution in [0, 0.1) is 17.5 Å². The van der Waals surface area contributed by atoms with Crippen LogP contribution in [0.1, 0.15) is 16.7 Å². The molecule has 17 heavy (non-hydrogen) atoms. The summed E-state index contributed by atoms with van der Waals surface area (Å²) in [6.45, 7) is 0. The molecule has 0 amide bonds. The van der Waals surface area contributed by atoms with Gasteiger partial charge < -0.3 is 4.42 Å². The van der Waals surface area contributed by atoms with Crippen molar-refractivity contribution in [3.05, 3.63) is 58.3 Å². The van der Waals surface area contributed by atoms with Crippen LogP contribution in [-0.4, -0.2) is 0 Å². The topological polar surface area (TPSA) is 13.1 Å². The summed E-state index contributed by atoms with van der Waals surface area (Å²) in [6.07, 6.45) is 0. The Labute approximate surface area is 105 Å². The van der Waals surface area contributed by atoms with Crippen molar-refractivity contribution in [2.45, 2.75) is 5.38 Å². The smallest absolute Gasteiger partial charge is 0.193 e. The normalized spacial score (nSPS) is 12.8. The Balaban J connectivity index is 2.47. The lowest BCUT2D eigenvalue weighted by atomic mass is 10.1. The van der Waals surface area contributed by atoms with E-state index in [1.807, 2.05) is 0 Å². The predicted molar refractivity (Wildman–Crippen MR) is 57.7 cm³/mol. The van der Waals surface area contributed by atoms with Gasteiger partial charge in [-0.2, -0.15) is 0 Å². The quantitative estimate of drug-likeness (QED) is 0.728. The third-order valence-corrected chi connectivity index (χ3v) is 2.78. The number of alkyl halides is 1. The van der Waals surface area contributed by atoms with E-state index in [1.165, 1.54) is 12.1 Å². The van der Waals surface area contributed by atoms with Gasteiger partial charge in [0.25, 0.3) is 0 Å². The molecule has 1 nitrogen and oxygen atoms in total. The van der Waals surface area contributed by atoms with Crippen LogP contribution in [0.5, 0.6) is 0 Å². The molecule has 0 aliphatic heterocycles. The van der Waals surface area contributed by atoms with Crippen LogP contribution >= 0.6 is 23.2 Å². The van der Waals surface area contributed by atoms with Crippen molar-refractivity contribution < 1.29 is 17.6 Å². The molecule has 0 saturated heterocycles. The average molecular weight is 281 g/mol. The number of hydrogen-bond acceptors (Lipinski definition) is 1. The van der Waals surface area contributed by atoms with E-state index in [0.717, 1.165) is 0 Å². The summed E-state index contributed by atoms with van der Waals surface area (Å²) in [5, 5.41) is -1.16. The molecule has 1 aromatic carbocycles. The van der Waals surface area contributed by atoms with Gasteiger partial charge in [-0.3, -0.25) is 0 Å². The van der Waals surface area contributed by atoms with Gasteiger partial charge in [0.2, 0.25) is 0 Å². The first-order valence-corrected chi connectivity index (χ1v) is 5.34. The zero-order valence-electron chi connectivity index (χ0n) is 8.18. The maximum Gasteiger partial charge on any atom is 0.193 e. The van der Waals surface area contributed by atoms with E-state index in [4.69, 9.17) is 27.6 Å². The second-order valence-corrected chi connectivity index (χ2v) is 4.10. The first kappa shape index (κ1) is 12.3. The summed E-state index contributed by atoms with van der Waals surface area (Å²) in [5.74, 6) is -3.07. The Morgan fingerprint density at radius 3 is 2.12 bits per heavy atom. The number of furan rings is 1. The highest BCUT2D eigenvalue weighted by molar-refractivity contribution is 6.29. The molecule has 2 rings (SSSR count). The highest BCUT2D eigenvalue weighted by Gasteiger charge is 2.23. The molecule has 0 spiro atoms. The minimum absolute atomic E-state index is 0.0496. The summed E-state index contributed by atoms with van der Waals surface area (Å²) in [5.41, 5.74) is -0.473. The molecule has 1 aromatic heterocycles. The second-order valence-electron chi connectivity index (χ2n) is 3.29. The minimum atomic E-state index is -1.21. The Kier molecular flexibility index (Phi) is 3.35. The summed E-state index contributed by atoms with van der Waals surface area (Å²) < 4.78 is 44.5. The van der Waals surface area contributed by atoms with Crippen molar-refractivity contribution in [3.8, 4) is 0 Å². The van der Waals surface area contributed by atoms with Crippen LogP contribution in [0.2, 0.25) is 5.22 Å². The summed E-state index contributed by atoms with van der Waals surface area (Å²) in [4.78, 5) is 0. The molecule has 0 radical (unpaired) electrons. The zero-order valence-corrected chi connectivity index (χ0v) is 9.70. The molecule has 2 aromatic rings. The van der Waals surface area contributed by atoms with Crippen molar-refractivity contribution in [3.63, 3.8) is 0 Å². The molecule has 1 unspecified atom stereocenters. The van der Waals surface area contributed by atoms with E-state index in [-0.39, 0.29) is 11.0 Å². The number of rotatable bonds is 2. The van der Waals surface area contributed by atoms with Crippen LogP contribution in [-0.2, 0) is 0 Å². The third-order valence-electron chi connectivity index (χ3n) is 2.14. The first-order chi connectivity index (χ1) is 7.99. The molecule has 0 N–H and O–H groups in total. The molecule has 0 bridgehead atoms. The molecular weight excluding hydrogens is 276 g/mol. The van der Waals surface area contributed by atoms with Crippen LogP contribution < -0.4 is 0 Å². The van der Waals surface area contributed by atoms with Gasteiger partial charge in [0.05, 0.1) is 0 Å². The van der Waals surface area contributed by atoms with Gasteiger partial charge in [-0.1, -0.05) is 0 Å². The Bertz CT molecular complexity index is 530. The summed E-state index contributed by atoms with van der Waals surface area (Å²) in [7, 11) is 0. The fourth-order valence-electron chi connectivity index (χ4n) is 1.40. The van der Waals surface area contributed by atoms with Crippen LogP contribution in [0.25, 0.3) is 0 Å². The standard InChI is InChI=1S/C11H5Cl2F3O/c12-9-2-1-8(17-9)11(13)10-6(15)3-5(14)4-7(10)16/h1-4,11H. The van der Waals surface area contributed by atoms with E-state index in [1.54, 1.807) is 0 Å². The molecule has 0 aliphatic carbocycles. The van der Waals surface area contributed by atoms with Crippen LogP contribution in [0.3, 0.4) is 0 Å². The van der Waals surface area contributed by atoms with Gasteiger partial charge in [0, 0.05) is 17.7 Å². The van der Waals surface area contributed by atoms with Gasteiger partial charge in [0.1, 0.15) is 28.6 Å². The highest BCUT2D eigenvalue weighted by atomic mass is 35.5. The van der Waals surface area contributed by atoms with Gasteiger partial charge in [-0.25, -0.2) is 13.2 Å². The van der Waals surface area contributed by atoms with Crippen molar-refractivity contribution in [2.24, 2.45) is 0 Å². The molecule has 0 aliphatic rings. The lowest BCUT2D eigenvalue weighted by molar-refractivity contribution is 0.490. The highest BCUT2D eigenvalue weighted by Crippen LogP contribution is 2.34. The second kappa shape index (κ2) is 4.63. The molecule has 1 atom stereocenters. The SMILES string of the molecule is Fc1cc(F)c(C(Cl)c2ccc(Cl)o2)c(F)c1. The maximum absolute atomic E-state index is 13.4. The molecule has 90 valence electrons. The van der Waals surface area contributed by atoms with E-state index < -0.39 is 28.4 Å². The minimum Gasteiger partial charge on any atom is -0.448 e. The fourth-order valence-corrected chi connectivity index (χ4v) is 1.88. The van der Waals surface area contributed by atoms with Crippen molar-refractivity contribution in [2.75, 3.05) is 0 Å². The van der Waals surface area contributed by atoms with Crippen molar-refractivity contribution >= 4 is 23.2 Å². The summed E-state index contributed by atoms with van der Waals surface area (Å²) >= 11 is 11.4. The van der Waals surface area contributed by atoms with Gasteiger partial charge >= 0.3 is 0 Å². The van der Waals surface area contributed by atoms with Gasteiger partial charge in [-0.15, -0.1) is 11.6 Å². The number of halogens is 5. The molecule has 6 heteroatoms. The molecule has 0 saturated carbocycles. The van der Waals surface area contributed by atoms with E-state index >= 15 is 0 Å². The van der Waals surface area contributed by atoms with Crippen LogP contribution in [0.4, 0.5) is 13.2 Å². The van der Waals surface area contributed by atoms with Gasteiger partial charge in [0.15, 0.2) is 5.22 Å². The van der Waals surface area contributed by atoms with Crippen LogP contribution in [0.15, 0.2) is 28.7 Å². The average Bonchev–Trinajstić information content (AvgIpc) is 2.63. The number of benzene rings is 1. The third kappa shape index (κ3) is 2.42. The molecular formula is C11H5Cl2F3O. The Hall–Kier alpha value is -1.13. The molecule has 1 heterocycles. The van der Waals surface area contributed by atoms with Gasteiger partial charge in [-0.05, 0) is 23.7 Å². The summed E-state index contributed by atoms with van der Waals surface area (Å²) in [6, 6.07) is 3.89. The first-order valence-electron chi connectivity index (χ1n) is 4.53. The van der Waals surface area contributed by atoms with E-state index in [9.17, 15) is 13.2 Å². The molecule has 0 fully saturated rings. The van der Waals surface area contributed by atoms with Crippen molar-refractivity contribution in [1.29, 1.82) is 0 Å². The zero-order chi connectivity index (χ0) is 12.6. The maximum atomic E-state index is 13.4. The predicted octanol–water partition coefficient (Wildman–Crippen LogP) is 4.68. The Morgan fingerprint density at radius 1 is 1.06 bits per heavy atom. The largest absolute Gasteiger partial charge is 0.448 e. The van der Waals surface area contributed by atoms with E-state index in [2.05, 4.69) is 0 Å². The fraction of sp³-hybridized carbons (Fsp3) is 0.0909. The Morgan fingerprint density at radius 2 is 1.65 bits per heavy atom. The lowest BCUT2D eigenvalue weighted by Gasteiger charge is -2.09. The van der Waals surface area contributed by atoms with Crippen molar-refractivity contribution in [1.82, 2.24) is 0 Å². The monoisotopic (exact) mass is 280 g/mol.